The first-order chi connectivity index (χ1) is 13.0. The first kappa shape index (κ1) is 17.5. The number of sulfonamides is 1. The number of amides is 1. The molecule has 5 nitrogen and oxygen atoms in total. The van der Waals surface area contributed by atoms with Gasteiger partial charge in [-0.2, -0.15) is 0 Å². The molecule has 0 spiro atoms. The van der Waals surface area contributed by atoms with E-state index in [-0.39, 0.29) is 18.1 Å². The first-order valence-electron chi connectivity index (χ1n) is 8.90. The Balaban J connectivity index is 1.47. The predicted octanol–water partition coefficient (Wildman–Crippen LogP) is 3.56. The van der Waals surface area contributed by atoms with Gasteiger partial charge in [0.2, 0.25) is 15.9 Å². The van der Waals surface area contributed by atoms with Gasteiger partial charge in [-0.3, -0.25) is 9.10 Å². The fraction of sp³-hybridized carbons (Fsp3) is 0.190. The lowest BCUT2D eigenvalue weighted by molar-refractivity contribution is -0.115. The maximum Gasteiger partial charge on any atom is 0.235 e. The molecule has 1 N–H and O–H groups in total. The molecule has 0 radical (unpaired) electrons. The van der Waals surface area contributed by atoms with Crippen molar-refractivity contribution < 1.29 is 13.2 Å². The molecule has 1 saturated heterocycles. The van der Waals surface area contributed by atoms with E-state index in [9.17, 15) is 13.2 Å². The average molecular weight is 380 g/mol. The summed E-state index contributed by atoms with van der Waals surface area (Å²) in [4.78, 5) is 12.5. The second kappa shape index (κ2) is 7.04. The van der Waals surface area contributed by atoms with Gasteiger partial charge in [-0.1, -0.05) is 42.5 Å². The molecule has 4 rings (SSSR count). The van der Waals surface area contributed by atoms with E-state index < -0.39 is 10.0 Å². The van der Waals surface area contributed by atoms with Crippen LogP contribution in [-0.4, -0.2) is 26.6 Å². The largest absolute Gasteiger partial charge is 0.326 e. The summed E-state index contributed by atoms with van der Waals surface area (Å²) in [5.74, 6) is 0.0872. The minimum atomic E-state index is -3.19. The lowest BCUT2D eigenvalue weighted by Crippen LogP contribution is -2.25. The number of anilines is 2. The molecule has 0 saturated carbocycles. The molecule has 0 aliphatic carbocycles. The number of nitrogens with zero attached hydrogens (tertiary/aromatic N) is 1. The number of benzene rings is 3. The molecule has 6 heteroatoms. The van der Waals surface area contributed by atoms with E-state index in [1.165, 1.54) is 4.31 Å². The van der Waals surface area contributed by atoms with Crippen LogP contribution in [0.4, 0.5) is 11.4 Å². The lowest BCUT2D eigenvalue weighted by atomic mass is 10.0. The van der Waals surface area contributed by atoms with Crippen molar-refractivity contribution in [1.29, 1.82) is 0 Å². The number of rotatable bonds is 4. The molecule has 1 aliphatic heterocycles. The van der Waals surface area contributed by atoms with Gasteiger partial charge >= 0.3 is 0 Å². The molecular weight excluding hydrogens is 360 g/mol. The Morgan fingerprint density at radius 1 is 0.963 bits per heavy atom. The lowest BCUT2D eigenvalue weighted by Gasteiger charge is -2.17. The van der Waals surface area contributed by atoms with Crippen molar-refractivity contribution in [2.75, 3.05) is 21.9 Å². The summed E-state index contributed by atoms with van der Waals surface area (Å²) in [5.41, 5.74) is 2.27. The molecule has 0 unspecified atom stereocenters. The van der Waals surface area contributed by atoms with Crippen LogP contribution in [-0.2, 0) is 21.2 Å². The van der Waals surface area contributed by atoms with Gasteiger partial charge in [0.1, 0.15) is 0 Å². The number of fused-ring (bicyclic) bond motifs is 1. The van der Waals surface area contributed by atoms with Gasteiger partial charge in [0.25, 0.3) is 0 Å². The zero-order valence-corrected chi connectivity index (χ0v) is 15.6. The Kier molecular flexibility index (Phi) is 4.58. The Morgan fingerprint density at radius 2 is 1.70 bits per heavy atom. The van der Waals surface area contributed by atoms with Crippen molar-refractivity contribution in [1.82, 2.24) is 0 Å². The molecule has 0 aromatic heterocycles. The number of hydrogen-bond acceptors (Lipinski definition) is 3. The van der Waals surface area contributed by atoms with Gasteiger partial charge in [-0.05, 0) is 47.0 Å². The fourth-order valence-electron chi connectivity index (χ4n) is 3.47. The third-order valence-electron chi connectivity index (χ3n) is 4.77. The van der Waals surface area contributed by atoms with Gasteiger partial charge in [0.15, 0.2) is 0 Å². The van der Waals surface area contributed by atoms with Crippen molar-refractivity contribution in [3.63, 3.8) is 0 Å². The van der Waals surface area contributed by atoms with Crippen molar-refractivity contribution in [2.45, 2.75) is 12.8 Å². The number of nitrogens with one attached hydrogen (secondary N) is 1. The third-order valence-corrected chi connectivity index (χ3v) is 6.64. The van der Waals surface area contributed by atoms with Crippen LogP contribution >= 0.6 is 0 Å². The van der Waals surface area contributed by atoms with Crippen LogP contribution in [0.1, 0.15) is 12.0 Å². The maximum absolute atomic E-state index is 12.5. The van der Waals surface area contributed by atoms with Crippen molar-refractivity contribution >= 4 is 38.1 Å². The molecule has 1 heterocycles. The normalized spacial score (nSPS) is 15.8. The summed E-state index contributed by atoms with van der Waals surface area (Å²) in [6.45, 7) is 0.509. The Labute approximate surface area is 158 Å². The minimum Gasteiger partial charge on any atom is -0.326 e. The van der Waals surface area contributed by atoms with Crippen LogP contribution in [0.25, 0.3) is 10.8 Å². The van der Waals surface area contributed by atoms with E-state index >= 15 is 0 Å². The van der Waals surface area contributed by atoms with Crippen LogP contribution in [0, 0.1) is 0 Å². The van der Waals surface area contributed by atoms with E-state index in [1.807, 2.05) is 42.5 Å². The van der Waals surface area contributed by atoms with E-state index in [1.54, 1.807) is 24.3 Å². The summed E-state index contributed by atoms with van der Waals surface area (Å²) in [5, 5.41) is 5.07. The zero-order chi connectivity index (χ0) is 18.9. The molecule has 27 heavy (non-hydrogen) atoms. The quantitative estimate of drug-likeness (QED) is 0.753. The maximum atomic E-state index is 12.5. The SMILES string of the molecule is O=C(Cc1cccc2ccccc12)Nc1ccc(N2CCCS2(=O)=O)cc1. The van der Waals surface area contributed by atoms with Crippen LogP contribution in [0.2, 0.25) is 0 Å². The van der Waals surface area contributed by atoms with Gasteiger partial charge in [0.05, 0.1) is 17.9 Å². The molecule has 1 amide bonds. The van der Waals surface area contributed by atoms with Crippen LogP contribution in [0.3, 0.4) is 0 Å². The molecule has 138 valence electrons. The van der Waals surface area contributed by atoms with E-state index in [0.29, 0.717) is 24.3 Å². The summed E-state index contributed by atoms with van der Waals surface area (Å²) < 4.78 is 25.4. The predicted molar refractivity (Wildman–Crippen MR) is 108 cm³/mol. The molecule has 3 aromatic carbocycles. The highest BCUT2D eigenvalue weighted by Gasteiger charge is 2.28. The summed E-state index contributed by atoms with van der Waals surface area (Å²) in [6.07, 6.45) is 0.926. The summed E-state index contributed by atoms with van der Waals surface area (Å²) in [6, 6.07) is 20.9. The molecule has 0 atom stereocenters. The van der Waals surface area contributed by atoms with Gasteiger partial charge in [0, 0.05) is 12.2 Å². The number of carbonyl (C=O) groups excluding carboxylic acids is 1. The van der Waals surface area contributed by atoms with E-state index in [4.69, 9.17) is 0 Å². The Bertz CT molecular complexity index is 1090. The smallest absolute Gasteiger partial charge is 0.235 e. The standard InChI is InChI=1S/C21H20N2O3S/c24-21(15-17-7-3-6-16-5-1-2-8-20(16)17)22-18-9-11-19(12-10-18)23-13-4-14-27(23,25)26/h1-3,5-12H,4,13-15H2,(H,22,24). The zero-order valence-electron chi connectivity index (χ0n) is 14.8. The molecular formula is C21H20N2O3S. The average Bonchev–Trinajstić information content (AvgIpc) is 3.02. The summed E-state index contributed by atoms with van der Waals surface area (Å²) in [7, 11) is -3.19. The van der Waals surface area contributed by atoms with Crippen molar-refractivity contribution in [3.05, 3.63) is 72.3 Å². The van der Waals surface area contributed by atoms with Crippen molar-refractivity contribution in [2.24, 2.45) is 0 Å². The van der Waals surface area contributed by atoms with Crippen LogP contribution in [0.15, 0.2) is 66.7 Å². The van der Waals surface area contributed by atoms with E-state index in [0.717, 1.165) is 16.3 Å². The third kappa shape index (κ3) is 3.66. The number of hydrogen-bond donors (Lipinski definition) is 1. The van der Waals surface area contributed by atoms with Gasteiger partial charge in [-0.15, -0.1) is 0 Å². The van der Waals surface area contributed by atoms with Crippen LogP contribution in [0.5, 0.6) is 0 Å². The highest BCUT2D eigenvalue weighted by Crippen LogP contribution is 2.25. The van der Waals surface area contributed by atoms with Gasteiger partial charge in [-0.25, -0.2) is 8.42 Å². The topological polar surface area (TPSA) is 66.5 Å². The Hall–Kier alpha value is -2.86. The highest BCUT2D eigenvalue weighted by molar-refractivity contribution is 7.93. The van der Waals surface area contributed by atoms with Crippen molar-refractivity contribution in [3.8, 4) is 0 Å². The van der Waals surface area contributed by atoms with Gasteiger partial charge < -0.3 is 5.32 Å². The van der Waals surface area contributed by atoms with E-state index in [2.05, 4.69) is 5.32 Å². The minimum absolute atomic E-state index is 0.104. The molecule has 1 fully saturated rings. The van der Waals surface area contributed by atoms with Crippen LogP contribution < -0.4 is 9.62 Å². The second-order valence-corrected chi connectivity index (χ2v) is 8.66. The first-order valence-corrected chi connectivity index (χ1v) is 10.5. The summed E-state index contributed by atoms with van der Waals surface area (Å²) >= 11 is 0. The highest BCUT2D eigenvalue weighted by atomic mass is 32.2. The monoisotopic (exact) mass is 380 g/mol. The molecule has 0 bridgehead atoms. The molecule has 1 aliphatic rings. The second-order valence-electron chi connectivity index (χ2n) is 6.65. The Morgan fingerprint density at radius 3 is 2.44 bits per heavy atom. The fourth-order valence-corrected chi connectivity index (χ4v) is 5.03. The molecule has 3 aromatic rings. The number of carbonyl (C=O) groups is 1.